The van der Waals surface area contributed by atoms with Gasteiger partial charge in [-0.2, -0.15) is 0 Å². The van der Waals surface area contributed by atoms with Gasteiger partial charge in [-0.05, 0) is 42.8 Å². The van der Waals surface area contributed by atoms with E-state index in [9.17, 15) is 4.39 Å². The molecule has 0 saturated heterocycles. The van der Waals surface area contributed by atoms with Crippen molar-refractivity contribution >= 4 is 11.9 Å². The molecule has 0 spiro atoms. The fraction of sp³-hybridized carbons (Fsp3) is 0.0556. The number of pyridine rings is 3. The summed E-state index contributed by atoms with van der Waals surface area (Å²) in [5, 5.41) is 0. The maximum atomic E-state index is 14.5. The zero-order chi connectivity index (χ0) is 15.4. The first kappa shape index (κ1) is 14.1. The molecule has 3 aromatic rings. The lowest BCUT2D eigenvalue weighted by Crippen LogP contribution is -1.88. The van der Waals surface area contributed by atoms with Crippen molar-refractivity contribution in [3.8, 4) is 11.3 Å². The Morgan fingerprint density at radius 2 is 1.91 bits per heavy atom. The summed E-state index contributed by atoms with van der Waals surface area (Å²) < 4.78 is 14.5. The number of halogens is 1. The minimum absolute atomic E-state index is 0.346. The molecule has 0 atom stereocenters. The Kier molecular flexibility index (Phi) is 4.01. The molecule has 0 radical (unpaired) electrons. The Morgan fingerprint density at radius 3 is 2.68 bits per heavy atom. The van der Waals surface area contributed by atoms with Gasteiger partial charge in [-0.3, -0.25) is 15.0 Å². The lowest BCUT2D eigenvalue weighted by molar-refractivity contribution is 0.764. The van der Waals surface area contributed by atoms with Crippen molar-refractivity contribution in [1.82, 2.24) is 15.0 Å². The first-order valence-electron chi connectivity index (χ1n) is 6.90. The molecule has 22 heavy (non-hydrogen) atoms. The summed E-state index contributed by atoms with van der Waals surface area (Å²) in [7, 11) is 0. The predicted molar refractivity (Wildman–Crippen MR) is 85.4 cm³/mol. The summed E-state index contributed by atoms with van der Waals surface area (Å²) in [5.41, 5.74) is 3.51. The SMILES string of the molecule is Cc1ncccc1/C=C(\F)c1cncc(-c2ccccn2)c1. The molecular formula is C18H14FN3. The third-order valence-electron chi connectivity index (χ3n) is 3.30. The van der Waals surface area contributed by atoms with Crippen LogP contribution in [0.5, 0.6) is 0 Å². The van der Waals surface area contributed by atoms with Gasteiger partial charge in [0.1, 0.15) is 5.83 Å². The third kappa shape index (κ3) is 3.06. The summed E-state index contributed by atoms with van der Waals surface area (Å²) in [5.74, 6) is -0.346. The van der Waals surface area contributed by atoms with Crippen LogP contribution in [0, 0.1) is 6.92 Å². The van der Waals surface area contributed by atoms with Gasteiger partial charge in [0, 0.05) is 41.6 Å². The number of nitrogens with zero attached hydrogens (tertiary/aromatic N) is 3. The van der Waals surface area contributed by atoms with Gasteiger partial charge in [0.25, 0.3) is 0 Å². The molecule has 3 rings (SSSR count). The number of rotatable bonds is 3. The average molecular weight is 291 g/mol. The van der Waals surface area contributed by atoms with Crippen molar-refractivity contribution in [2.75, 3.05) is 0 Å². The van der Waals surface area contributed by atoms with Gasteiger partial charge in [0.15, 0.2) is 0 Å². The Labute approximate surface area is 128 Å². The number of hydrogen-bond acceptors (Lipinski definition) is 3. The maximum Gasteiger partial charge on any atom is 0.132 e. The van der Waals surface area contributed by atoms with E-state index in [1.54, 1.807) is 30.7 Å². The summed E-state index contributed by atoms with van der Waals surface area (Å²) in [6, 6.07) is 11.0. The smallest absolute Gasteiger partial charge is 0.132 e. The molecular weight excluding hydrogens is 277 g/mol. The summed E-state index contributed by atoms with van der Waals surface area (Å²) in [4.78, 5) is 12.5. The Morgan fingerprint density at radius 1 is 1.05 bits per heavy atom. The molecule has 0 amide bonds. The largest absolute Gasteiger partial charge is 0.263 e. The molecule has 0 aliphatic rings. The molecule has 3 heterocycles. The van der Waals surface area contributed by atoms with Gasteiger partial charge in [-0.15, -0.1) is 0 Å². The zero-order valence-corrected chi connectivity index (χ0v) is 12.1. The lowest BCUT2D eigenvalue weighted by atomic mass is 10.1. The first-order valence-corrected chi connectivity index (χ1v) is 6.90. The normalized spacial score (nSPS) is 11.5. The summed E-state index contributed by atoms with van der Waals surface area (Å²) >= 11 is 0. The second-order valence-corrected chi connectivity index (χ2v) is 4.85. The minimum atomic E-state index is -0.346. The Hall–Kier alpha value is -2.88. The molecule has 0 aromatic carbocycles. The van der Waals surface area contributed by atoms with Crippen molar-refractivity contribution in [1.29, 1.82) is 0 Å². The van der Waals surface area contributed by atoms with Crippen molar-refractivity contribution in [3.63, 3.8) is 0 Å². The van der Waals surface area contributed by atoms with E-state index in [1.165, 1.54) is 12.3 Å². The van der Waals surface area contributed by atoms with Crippen molar-refractivity contribution in [2.24, 2.45) is 0 Å². The fourth-order valence-corrected chi connectivity index (χ4v) is 2.11. The van der Waals surface area contributed by atoms with Crippen LogP contribution >= 0.6 is 0 Å². The van der Waals surface area contributed by atoms with E-state index in [-0.39, 0.29) is 5.83 Å². The van der Waals surface area contributed by atoms with E-state index in [2.05, 4.69) is 15.0 Å². The molecule has 4 heteroatoms. The van der Waals surface area contributed by atoms with Crippen LogP contribution < -0.4 is 0 Å². The highest BCUT2D eigenvalue weighted by atomic mass is 19.1. The quantitative estimate of drug-likeness (QED) is 0.721. The van der Waals surface area contributed by atoms with Crippen LogP contribution in [0.1, 0.15) is 16.8 Å². The highest BCUT2D eigenvalue weighted by Crippen LogP contribution is 2.24. The van der Waals surface area contributed by atoms with Gasteiger partial charge in [-0.1, -0.05) is 12.1 Å². The van der Waals surface area contributed by atoms with E-state index in [0.717, 1.165) is 22.5 Å². The molecule has 0 aliphatic carbocycles. The van der Waals surface area contributed by atoms with Crippen LogP contribution in [-0.2, 0) is 0 Å². The first-order chi connectivity index (χ1) is 10.7. The lowest BCUT2D eigenvalue weighted by Gasteiger charge is -2.04. The molecule has 3 aromatic heterocycles. The van der Waals surface area contributed by atoms with Crippen LogP contribution in [0.15, 0.2) is 61.2 Å². The topological polar surface area (TPSA) is 38.7 Å². The van der Waals surface area contributed by atoms with E-state index in [1.807, 2.05) is 31.2 Å². The Bertz CT molecular complexity index is 813. The highest BCUT2D eigenvalue weighted by Gasteiger charge is 2.06. The maximum absolute atomic E-state index is 14.5. The number of aromatic nitrogens is 3. The molecule has 0 N–H and O–H groups in total. The summed E-state index contributed by atoms with van der Waals surface area (Å²) in [6.07, 6.45) is 8.04. The Balaban J connectivity index is 1.97. The summed E-state index contributed by atoms with van der Waals surface area (Å²) in [6.45, 7) is 1.85. The van der Waals surface area contributed by atoms with Gasteiger partial charge in [-0.25, -0.2) is 4.39 Å². The van der Waals surface area contributed by atoms with E-state index in [4.69, 9.17) is 0 Å². The molecule has 0 aliphatic heterocycles. The van der Waals surface area contributed by atoms with E-state index >= 15 is 0 Å². The van der Waals surface area contributed by atoms with E-state index in [0.29, 0.717) is 5.56 Å². The highest BCUT2D eigenvalue weighted by molar-refractivity contribution is 5.78. The monoisotopic (exact) mass is 291 g/mol. The number of aryl methyl sites for hydroxylation is 1. The molecule has 108 valence electrons. The molecule has 0 unspecified atom stereocenters. The standard InChI is InChI=1S/C18H14FN3/c1-13-14(5-4-8-21-13)10-17(19)15-9-16(12-20-11-15)18-6-2-3-7-22-18/h2-12H,1H3/b17-10-. The van der Waals surface area contributed by atoms with Crippen LogP contribution in [-0.4, -0.2) is 15.0 Å². The van der Waals surface area contributed by atoms with E-state index < -0.39 is 0 Å². The van der Waals surface area contributed by atoms with Crippen LogP contribution in [0.2, 0.25) is 0 Å². The second-order valence-electron chi connectivity index (χ2n) is 4.85. The van der Waals surface area contributed by atoms with Gasteiger partial charge in [0.05, 0.1) is 5.69 Å². The minimum Gasteiger partial charge on any atom is -0.263 e. The molecule has 0 bridgehead atoms. The van der Waals surface area contributed by atoms with Crippen LogP contribution in [0.25, 0.3) is 23.2 Å². The number of hydrogen-bond donors (Lipinski definition) is 0. The van der Waals surface area contributed by atoms with Crippen molar-refractivity contribution in [2.45, 2.75) is 6.92 Å². The fourth-order valence-electron chi connectivity index (χ4n) is 2.11. The average Bonchev–Trinajstić information content (AvgIpc) is 2.58. The third-order valence-corrected chi connectivity index (χ3v) is 3.30. The van der Waals surface area contributed by atoms with Gasteiger partial charge < -0.3 is 0 Å². The van der Waals surface area contributed by atoms with Crippen molar-refractivity contribution in [3.05, 3.63) is 78.0 Å². The van der Waals surface area contributed by atoms with Crippen LogP contribution in [0.4, 0.5) is 4.39 Å². The second kappa shape index (κ2) is 6.26. The molecule has 3 nitrogen and oxygen atoms in total. The molecule has 0 saturated carbocycles. The molecule has 0 fully saturated rings. The predicted octanol–water partition coefficient (Wildman–Crippen LogP) is 4.31. The van der Waals surface area contributed by atoms with Gasteiger partial charge >= 0.3 is 0 Å². The van der Waals surface area contributed by atoms with Gasteiger partial charge in [0.2, 0.25) is 0 Å². The zero-order valence-electron chi connectivity index (χ0n) is 12.1. The van der Waals surface area contributed by atoms with Crippen LogP contribution in [0.3, 0.4) is 0 Å². The van der Waals surface area contributed by atoms with Crippen molar-refractivity contribution < 1.29 is 4.39 Å².